The number of rotatable bonds is 2. The van der Waals surface area contributed by atoms with Gasteiger partial charge in [-0.25, -0.2) is 4.79 Å². The molecular formula is C25H33NO3. The normalized spacial score (nSPS) is 49.6. The van der Waals surface area contributed by atoms with Gasteiger partial charge < -0.3 is 9.94 Å². The SMILES string of the molecule is CC[C@]12CCC3C(C1CC[C@@]21C=CC(=O)O1)[C@H](C1CC1)CC1=C/C(=N/O)CC[C@@H]13. The van der Waals surface area contributed by atoms with Gasteiger partial charge in [0, 0.05) is 11.5 Å². The molecule has 0 aromatic rings. The van der Waals surface area contributed by atoms with Crippen LogP contribution in [0.5, 0.6) is 0 Å². The van der Waals surface area contributed by atoms with Crippen molar-refractivity contribution in [3.05, 3.63) is 23.8 Å². The predicted molar refractivity (Wildman–Crippen MR) is 110 cm³/mol. The molecule has 0 aromatic heterocycles. The van der Waals surface area contributed by atoms with E-state index < -0.39 is 0 Å². The maximum absolute atomic E-state index is 12.1. The van der Waals surface area contributed by atoms with Crippen LogP contribution in [0.1, 0.15) is 71.1 Å². The van der Waals surface area contributed by atoms with E-state index in [0.717, 1.165) is 55.1 Å². The highest BCUT2D eigenvalue weighted by molar-refractivity contribution is 5.96. The first-order valence-corrected chi connectivity index (χ1v) is 11.9. The Morgan fingerprint density at radius 3 is 2.72 bits per heavy atom. The first-order valence-electron chi connectivity index (χ1n) is 11.9. The van der Waals surface area contributed by atoms with E-state index in [1.165, 1.54) is 38.5 Å². The van der Waals surface area contributed by atoms with Gasteiger partial charge in [0.05, 0.1) is 5.71 Å². The second-order valence-electron chi connectivity index (χ2n) is 10.7. The van der Waals surface area contributed by atoms with E-state index >= 15 is 0 Å². The molecule has 1 heterocycles. The van der Waals surface area contributed by atoms with Crippen molar-refractivity contribution in [2.45, 2.75) is 76.7 Å². The molecule has 0 amide bonds. The lowest BCUT2D eigenvalue weighted by Gasteiger charge is -2.59. The lowest BCUT2D eigenvalue weighted by Crippen LogP contribution is -2.55. The number of esters is 1. The molecule has 4 saturated carbocycles. The fourth-order valence-electron chi connectivity index (χ4n) is 8.83. The standard InChI is InChI=1S/C25H33NO3/c1-2-24-10-7-19-18-6-5-17(26-28)13-16(18)14-20(15-3-4-15)23(19)21(24)8-11-25(24)12-9-22(27)29-25/h9,12-13,15,18-21,23,28H,2-8,10-11,14H2,1H3/b26-17+/t18-,19?,20-,21?,23?,24-,25+/m0/s1. The van der Waals surface area contributed by atoms with Crippen LogP contribution in [0.2, 0.25) is 0 Å². The van der Waals surface area contributed by atoms with Gasteiger partial charge in [0.2, 0.25) is 0 Å². The Hall–Kier alpha value is -1.58. The van der Waals surface area contributed by atoms with Crippen LogP contribution < -0.4 is 0 Å². The molecular weight excluding hydrogens is 362 g/mol. The van der Waals surface area contributed by atoms with Crippen LogP contribution in [0.25, 0.3) is 0 Å². The highest BCUT2D eigenvalue weighted by atomic mass is 16.6. The summed E-state index contributed by atoms with van der Waals surface area (Å²) in [5.41, 5.74) is 2.26. The number of hydrogen-bond acceptors (Lipinski definition) is 4. The summed E-state index contributed by atoms with van der Waals surface area (Å²) >= 11 is 0. The predicted octanol–water partition coefficient (Wildman–Crippen LogP) is 5.27. The minimum atomic E-state index is -0.331. The topological polar surface area (TPSA) is 58.9 Å². The van der Waals surface area contributed by atoms with Crippen LogP contribution in [-0.4, -0.2) is 22.5 Å². The fraction of sp³-hybridized carbons (Fsp3) is 0.760. The van der Waals surface area contributed by atoms with Crippen molar-refractivity contribution in [1.82, 2.24) is 0 Å². The van der Waals surface area contributed by atoms with Crippen molar-refractivity contribution in [2.24, 2.45) is 46.1 Å². The van der Waals surface area contributed by atoms with Gasteiger partial charge in [-0.05, 0) is 112 Å². The monoisotopic (exact) mass is 395 g/mol. The maximum atomic E-state index is 12.1. The van der Waals surface area contributed by atoms with Crippen molar-refractivity contribution in [3.8, 4) is 0 Å². The number of nitrogens with zero attached hydrogens (tertiary/aromatic N) is 1. The van der Waals surface area contributed by atoms with Gasteiger partial charge in [0.15, 0.2) is 0 Å². The van der Waals surface area contributed by atoms with E-state index in [2.05, 4.69) is 24.2 Å². The number of hydrogen-bond donors (Lipinski definition) is 1. The third-order valence-electron chi connectivity index (χ3n) is 10.0. The van der Waals surface area contributed by atoms with Gasteiger partial charge in [-0.15, -0.1) is 0 Å². The molecule has 156 valence electrons. The third-order valence-corrected chi connectivity index (χ3v) is 10.0. The molecule has 6 rings (SSSR count). The van der Waals surface area contributed by atoms with E-state index in [9.17, 15) is 10.0 Å². The van der Waals surface area contributed by atoms with Gasteiger partial charge in [-0.1, -0.05) is 17.7 Å². The molecule has 1 spiro atoms. The quantitative estimate of drug-likeness (QED) is 0.394. The Bertz CT molecular complexity index is 824. The zero-order valence-electron chi connectivity index (χ0n) is 17.5. The summed E-state index contributed by atoms with van der Waals surface area (Å²) in [6, 6.07) is 0. The molecule has 1 aliphatic heterocycles. The van der Waals surface area contributed by atoms with Gasteiger partial charge in [-0.3, -0.25) is 0 Å². The highest BCUT2D eigenvalue weighted by Gasteiger charge is 2.67. The summed E-state index contributed by atoms with van der Waals surface area (Å²) in [4.78, 5) is 12.1. The van der Waals surface area contributed by atoms with Gasteiger partial charge in [-0.2, -0.15) is 0 Å². The van der Waals surface area contributed by atoms with Crippen LogP contribution in [-0.2, 0) is 9.53 Å². The summed E-state index contributed by atoms with van der Waals surface area (Å²) in [6.07, 6.45) is 17.9. The smallest absolute Gasteiger partial charge is 0.331 e. The lowest BCUT2D eigenvalue weighted by molar-refractivity contribution is -0.167. The van der Waals surface area contributed by atoms with Crippen molar-refractivity contribution >= 4 is 11.7 Å². The molecule has 4 heteroatoms. The van der Waals surface area contributed by atoms with Gasteiger partial charge >= 0.3 is 5.97 Å². The summed E-state index contributed by atoms with van der Waals surface area (Å²) < 4.78 is 6.09. The molecule has 3 unspecified atom stereocenters. The van der Waals surface area contributed by atoms with E-state index in [-0.39, 0.29) is 17.0 Å². The summed E-state index contributed by atoms with van der Waals surface area (Å²) in [5.74, 6) is 4.42. The van der Waals surface area contributed by atoms with Crippen LogP contribution in [0, 0.1) is 40.9 Å². The Kier molecular flexibility index (Phi) is 3.90. The van der Waals surface area contributed by atoms with Crippen molar-refractivity contribution in [3.63, 3.8) is 0 Å². The maximum Gasteiger partial charge on any atom is 0.331 e. The van der Waals surface area contributed by atoms with Crippen molar-refractivity contribution < 1.29 is 14.7 Å². The van der Waals surface area contributed by atoms with Crippen LogP contribution >= 0.6 is 0 Å². The molecule has 0 aromatic carbocycles. The molecule has 0 saturated heterocycles. The molecule has 4 fully saturated rings. The lowest BCUT2D eigenvalue weighted by atomic mass is 9.46. The Morgan fingerprint density at radius 2 is 2.03 bits per heavy atom. The number of ether oxygens (including phenoxy) is 1. The summed E-state index contributed by atoms with van der Waals surface area (Å²) in [5, 5.41) is 12.9. The van der Waals surface area contributed by atoms with Crippen molar-refractivity contribution in [1.29, 1.82) is 0 Å². The minimum absolute atomic E-state index is 0.128. The van der Waals surface area contributed by atoms with E-state index in [1.807, 2.05) is 0 Å². The zero-order chi connectivity index (χ0) is 19.8. The third kappa shape index (κ3) is 2.38. The second-order valence-corrected chi connectivity index (χ2v) is 10.7. The molecule has 6 aliphatic rings. The van der Waals surface area contributed by atoms with Crippen molar-refractivity contribution in [2.75, 3.05) is 0 Å². The number of carbonyl (C=O) groups is 1. The molecule has 4 nitrogen and oxygen atoms in total. The number of oxime groups is 1. The number of fused-ring (bicyclic) bond motifs is 6. The molecule has 1 N–H and O–H groups in total. The highest BCUT2D eigenvalue weighted by Crippen LogP contribution is 2.70. The summed E-state index contributed by atoms with van der Waals surface area (Å²) in [7, 11) is 0. The van der Waals surface area contributed by atoms with Crippen LogP contribution in [0.4, 0.5) is 0 Å². The average molecular weight is 396 g/mol. The average Bonchev–Trinajstić information content (AvgIpc) is 3.45. The largest absolute Gasteiger partial charge is 0.451 e. The van der Waals surface area contributed by atoms with E-state index in [0.29, 0.717) is 11.8 Å². The first-order chi connectivity index (χ1) is 14.1. The minimum Gasteiger partial charge on any atom is -0.451 e. The molecule has 0 radical (unpaired) electrons. The number of allylic oxidation sites excluding steroid dienone is 2. The van der Waals surface area contributed by atoms with E-state index in [1.54, 1.807) is 11.6 Å². The molecule has 7 atom stereocenters. The Morgan fingerprint density at radius 1 is 1.17 bits per heavy atom. The molecule has 0 bridgehead atoms. The summed E-state index contributed by atoms with van der Waals surface area (Å²) in [6.45, 7) is 2.34. The zero-order valence-corrected chi connectivity index (χ0v) is 17.5. The first kappa shape index (κ1) is 18.2. The molecule has 5 aliphatic carbocycles. The Balaban J connectivity index is 1.40. The van der Waals surface area contributed by atoms with Crippen LogP contribution in [0.3, 0.4) is 0 Å². The molecule has 29 heavy (non-hydrogen) atoms. The second kappa shape index (κ2) is 6.21. The number of carbonyl (C=O) groups excluding carboxylic acids is 1. The fourth-order valence-corrected chi connectivity index (χ4v) is 8.83. The Labute approximate surface area is 173 Å². The van der Waals surface area contributed by atoms with Gasteiger partial charge in [0.25, 0.3) is 0 Å². The van der Waals surface area contributed by atoms with E-state index in [4.69, 9.17) is 4.74 Å². The van der Waals surface area contributed by atoms with Gasteiger partial charge in [0.1, 0.15) is 5.60 Å². The van der Waals surface area contributed by atoms with Crippen LogP contribution in [0.15, 0.2) is 29.0 Å².